The first-order chi connectivity index (χ1) is 6.00. The Morgan fingerprint density at radius 1 is 1.23 bits per heavy atom. The van der Waals surface area contributed by atoms with Crippen molar-refractivity contribution in [2.24, 2.45) is 11.3 Å². The van der Waals surface area contributed by atoms with Crippen LogP contribution in [0, 0.1) is 11.3 Å². The minimum atomic E-state index is 0.153. The zero-order valence-corrected chi connectivity index (χ0v) is 8.84. The summed E-state index contributed by atoms with van der Waals surface area (Å²) >= 11 is 0. The zero-order chi connectivity index (χ0) is 9.64. The van der Waals surface area contributed by atoms with Crippen molar-refractivity contribution in [2.75, 3.05) is 6.54 Å². The lowest BCUT2D eigenvalue weighted by molar-refractivity contribution is -0.134. The lowest BCUT2D eigenvalue weighted by atomic mass is 9.80. The van der Waals surface area contributed by atoms with Crippen molar-refractivity contribution < 1.29 is 4.79 Å². The topological polar surface area (TPSA) is 20.3 Å². The Bertz CT molecular complexity index is 225. The van der Waals surface area contributed by atoms with E-state index in [1.54, 1.807) is 0 Å². The summed E-state index contributed by atoms with van der Waals surface area (Å²) in [5.74, 6) is 0.683. The fraction of sp³-hybridized carbons (Fsp3) is 0.909. The largest absolute Gasteiger partial charge is 0.339 e. The summed E-state index contributed by atoms with van der Waals surface area (Å²) in [7, 11) is 0. The predicted octanol–water partition coefficient (Wildman–Crippen LogP) is 2.04. The molecule has 13 heavy (non-hydrogen) atoms. The van der Waals surface area contributed by atoms with Crippen molar-refractivity contribution in [3.63, 3.8) is 0 Å². The SMILES string of the molecule is CC(C)(C)C1CCN(C2CC2)C1=O. The highest BCUT2D eigenvalue weighted by Gasteiger charge is 2.44. The molecule has 0 radical (unpaired) electrons. The van der Waals surface area contributed by atoms with Gasteiger partial charge in [-0.3, -0.25) is 4.79 Å². The van der Waals surface area contributed by atoms with E-state index < -0.39 is 0 Å². The third-order valence-corrected chi connectivity index (χ3v) is 3.27. The number of rotatable bonds is 1. The van der Waals surface area contributed by atoms with Gasteiger partial charge in [0.15, 0.2) is 0 Å². The van der Waals surface area contributed by atoms with Gasteiger partial charge >= 0.3 is 0 Å². The maximum atomic E-state index is 12.0. The highest BCUT2D eigenvalue weighted by Crippen LogP contribution is 2.39. The van der Waals surface area contributed by atoms with Crippen LogP contribution in [0.2, 0.25) is 0 Å². The Balaban J connectivity index is 2.06. The molecule has 1 aliphatic carbocycles. The second-order valence-electron chi connectivity index (χ2n) is 5.47. The van der Waals surface area contributed by atoms with Crippen molar-refractivity contribution in [1.29, 1.82) is 0 Å². The molecule has 0 aromatic heterocycles. The minimum absolute atomic E-state index is 0.153. The molecule has 1 saturated carbocycles. The van der Waals surface area contributed by atoms with E-state index >= 15 is 0 Å². The molecule has 0 spiro atoms. The molecule has 1 saturated heterocycles. The average molecular weight is 181 g/mol. The third-order valence-electron chi connectivity index (χ3n) is 3.27. The van der Waals surface area contributed by atoms with Gasteiger partial charge in [0.25, 0.3) is 0 Å². The van der Waals surface area contributed by atoms with Crippen LogP contribution in [0.5, 0.6) is 0 Å². The van der Waals surface area contributed by atoms with Crippen LogP contribution in [-0.2, 0) is 4.79 Å². The Labute approximate surface area is 80.3 Å². The van der Waals surface area contributed by atoms with Crippen LogP contribution in [-0.4, -0.2) is 23.4 Å². The van der Waals surface area contributed by atoms with Gasteiger partial charge in [0.1, 0.15) is 0 Å². The fourth-order valence-electron chi connectivity index (χ4n) is 2.25. The van der Waals surface area contributed by atoms with Gasteiger partial charge in [-0.1, -0.05) is 20.8 Å². The van der Waals surface area contributed by atoms with Gasteiger partial charge in [-0.25, -0.2) is 0 Å². The third kappa shape index (κ3) is 1.59. The number of carbonyl (C=O) groups is 1. The van der Waals surface area contributed by atoms with Crippen LogP contribution in [0.3, 0.4) is 0 Å². The van der Waals surface area contributed by atoms with E-state index in [2.05, 4.69) is 25.7 Å². The molecule has 2 aliphatic rings. The van der Waals surface area contributed by atoms with E-state index in [0.717, 1.165) is 13.0 Å². The molecule has 74 valence electrons. The Hall–Kier alpha value is -0.530. The number of carbonyl (C=O) groups excluding carboxylic acids is 1. The Morgan fingerprint density at radius 2 is 1.85 bits per heavy atom. The van der Waals surface area contributed by atoms with Crippen LogP contribution in [0.1, 0.15) is 40.0 Å². The highest BCUT2D eigenvalue weighted by molar-refractivity contribution is 5.82. The smallest absolute Gasteiger partial charge is 0.226 e. The van der Waals surface area contributed by atoms with Gasteiger partial charge < -0.3 is 4.90 Å². The molecule has 0 bridgehead atoms. The van der Waals surface area contributed by atoms with E-state index in [1.807, 2.05) is 0 Å². The summed E-state index contributed by atoms with van der Waals surface area (Å²) < 4.78 is 0. The standard InChI is InChI=1S/C11H19NO/c1-11(2,3)9-6-7-12(10(9)13)8-4-5-8/h8-9H,4-7H2,1-3H3. The summed E-state index contributed by atoms with van der Waals surface area (Å²) in [5.41, 5.74) is 0.153. The monoisotopic (exact) mass is 181 g/mol. The number of hydrogen-bond donors (Lipinski definition) is 0. The molecule has 1 heterocycles. The van der Waals surface area contributed by atoms with Crippen molar-refractivity contribution in [3.8, 4) is 0 Å². The van der Waals surface area contributed by atoms with E-state index in [0.29, 0.717) is 11.9 Å². The van der Waals surface area contributed by atoms with Crippen molar-refractivity contribution in [1.82, 2.24) is 4.90 Å². The van der Waals surface area contributed by atoms with E-state index in [4.69, 9.17) is 0 Å². The van der Waals surface area contributed by atoms with Crippen LogP contribution in [0.25, 0.3) is 0 Å². The Morgan fingerprint density at radius 3 is 2.23 bits per heavy atom. The van der Waals surface area contributed by atoms with E-state index in [1.165, 1.54) is 12.8 Å². The summed E-state index contributed by atoms with van der Waals surface area (Å²) in [6.07, 6.45) is 3.55. The molecule has 1 atom stereocenters. The van der Waals surface area contributed by atoms with Crippen molar-refractivity contribution in [3.05, 3.63) is 0 Å². The number of hydrogen-bond acceptors (Lipinski definition) is 1. The maximum Gasteiger partial charge on any atom is 0.226 e. The fourth-order valence-corrected chi connectivity index (χ4v) is 2.25. The van der Waals surface area contributed by atoms with Gasteiger partial charge in [-0.2, -0.15) is 0 Å². The first kappa shape index (κ1) is 9.04. The molecular formula is C11H19NO. The molecule has 1 aliphatic heterocycles. The van der Waals surface area contributed by atoms with Crippen molar-refractivity contribution >= 4 is 5.91 Å². The minimum Gasteiger partial charge on any atom is -0.339 e. The summed E-state index contributed by atoms with van der Waals surface area (Å²) in [6.45, 7) is 7.52. The lowest BCUT2D eigenvalue weighted by Gasteiger charge is -2.25. The second kappa shape index (κ2) is 2.73. The first-order valence-electron chi connectivity index (χ1n) is 5.30. The summed E-state index contributed by atoms with van der Waals surface area (Å²) in [5, 5.41) is 0. The lowest BCUT2D eigenvalue weighted by Crippen LogP contribution is -2.33. The number of amides is 1. The normalized spacial score (nSPS) is 29.9. The highest BCUT2D eigenvalue weighted by atomic mass is 16.2. The molecule has 2 heteroatoms. The maximum absolute atomic E-state index is 12.0. The van der Waals surface area contributed by atoms with E-state index in [-0.39, 0.29) is 11.3 Å². The van der Waals surface area contributed by atoms with E-state index in [9.17, 15) is 4.79 Å². The molecule has 1 amide bonds. The Kier molecular flexibility index (Phi) is 1.90. The van der Waals surface area contributed by atoms with Crippen LogP contribution >= 0.6 is 0 Å². The molecule has 2 fully saturated rings. The van der Waals surface area contributed by atoms with Gasteiger partial charge in [-0.05, 0) is 24.7 Å². The zero-order valence-electron chi connectivity index (χ0n) is 8.84. The van der Waals surface area contributed by atoms with Gasteiger partial charge in [0.2, 0.25) is 5.91 Å². The molecule has 0 aromatic rings. The molecule has 2 nitrogen and oxygen atoms in total. The van der Waals surface area contributed by atoms with Crippen molar-refractivity contribution in [2.45, 2.75) is 46.1 Å². The molecule has 0 aromatic carbocycles. The average Bonchev–Trinajstić information content (AvgIpc) is 2.73. The number of nitrogens with zero attached hydrogens (tertiary/aromatic N) is 1. The second-order valence-corrected chi connectivity index (χ2v) is 5.47. The van der Waals surface area contributed by atoms with Gasteiger partial charge in [0.05, 0.1) is 0 Å². The molecule has 2 rings (SSSR count). The molecule has 1 unspecified atom stereocenters. The van der Waals surface area contributed by atoms with Gasteiger partial charge in [-0.15, -0.1) is 0 Å². The van der Waals surface area contributed by atoms with Crippen LogP contribution in [0.15, 0.2) is 0 Å². The summed E-state index contributed by atoms with van der Waals surface area (Å²) in [6, 6.07) is 0.611. The summed E-state index contributed by atoms with van der Waals surface area (Å²) in [4.78, 5) is 14.1. The first-order valence-corrected chi connectivity index (χ1v) is 5.30. The molecular weight excluding hydrogens is 162 g/mol. The van der Waals surface area contributed by atoms with Crippen LogP contribution in [0.4, 0.5) is 0 Å². The van der Waals surface area contributed by atoms with Crippen LogP contribution < -0.4 is 0 Å². The molecule has 0 N–H and O–H groups in total. The quantitative estimate of drug-likeness (QED) is 0.606. The number of likely N-dealkylation sites (tertiary alicyclic amines) is 1. The predicted molar refractivity (Wildman–Crippen MR) is 52.3 cm³/mol. The van der Waals surface area contributed by atoms with Gasteiger partial charge in [0, 0.05) is 18.5 Å².